The Bertz CT molecular complexity index is 221. The van der Waals surface area contributed by atoms with Crippen molar-refractivity contribution in [1.29, 1.82) is 0 Å². The zero-order valence-corrected chi connectivity index (χ0v) is 11.5. The van der Waals surface area contributed by atoms with Crippen molar-refractivity contribution in [2.75, 3.05) is 33.4 Å². The van der Waals surface area contributed by atoms with Gasteiger partial charge in [-0.05, 0) is 36.9 Å². The highest BCUT2D eigenvalue weighted by Gasteiger charge is 2.25. The molecule has 0 aliphatic carbocycles. The van der Waals surface area contributed by atoms with E-state index in [-0.39, 0.29) is 0 Å². The molecule has 0 aromatic carbocycles. The second-order valence-corrected chi connectivity index (χ2v) is 5.20. The third-order valence-corrected chi connectivity index (χ3v) is 3.66. The van der Waals surface area contributed by atoms with Crippen molar-refractivity contribution >= 4 is 17.3 Å². The van der Waals surface area contributed by atoms with Crippen LogP contribution in [0.4, 0.5) is 0 Å². The lowest BCUT2D eigenvalue weighted by molar-refractivity contribution is 0.195. The highest BCUT2D eigenvalue weighted by Crippen LogP contribution is 2.23. The van der Waals surface area contributed by atoms with Gasteiger partial charge in [-0.1, -0.05) is 13.8 Å². The minimum Gasteiger partial charge on any atom is -0.385 e. The first-order valence-corrected chi connectivity index (χ1v) is 6.57. The molecule has 16 heavy (non-hydrogen) atoms. The number of hydrogen-bond donors (Lipinski definition) is 1. The van der Waals surface area contributed by atoms with Gasteiger partial charge in [-0.25, -0.2) is 0 Å². The SMILES string of the molecule is COCCCNC(=S)N1CCC(C(C)C)C1. The minimum absolute atomic E-state index is 0.765. The number of ether oxygens (including phenoxy) is 1. The van der Waals surface area contributed by atoms with Crippen molar-refractivity contribution in [3.63, 3.8) is 0 Å². The van der Waals surface area contributed by atoms with Crippen molar-refractivity contribution in [2.45, 2.75) is 26.7 Å². The summed E-state index contributed by atoms with van der Waals surface area (Å²) in [7, 11) is 1.73. The summed E-state index contributed by atoms with van der Waals surface area (Å²) < 4.78 is 5.00. The van der Waals surface area contributed by atoms with Crippen molar-refractivity contribution in [3.05, 3.63) is 0 Å². The number of thiocarbonyl (C=S) groups is 1. The fourth-order valence-corrected chi connectivity index (χ4v) is 2.31. The van der Waals surface area contributed by atoms with Crippen LogP contribution in [0.5, 0.6) is 0 Å². The van der Waals surface area contributed by atoms with E-state index in [0.29, 0.717) is 0 Å². The van der Waals surface area contributed by atoms with Gasteiger partial charge >= 0.3 is 0 Å². The van der Waals surface area contributed by atoms with E-state index in [1.54, 1.807) is 7.11 Å². The van der Waals surface area contributed by atoms with Crippen molar-refractivity contribution in [1.82, 2.24) is 10.2 Å². The molecule has 0 spiro atoms. The summed E-state index contributed by atoms with van der Waals surface area (Å²) in [6, 6.07) is 0. The van der Waals surface area contributed by atoms with Crippen LogP contribution in [-0.2, 0) is 4.74 Å². The summed E-state index contributed by atoms with van der Waals surface area (Å²) in [5.74, 6) is 1.57. The zero-order chi connectivity index (χ0) is 12.0. The van der Waals surface area contributed by atoms with Crippen molar-refractivity contribution in [2.24, 2.45) is 11.8 Å². The Balaban J connectivity index is 2.18. The maximum absolute atomic E-state index is 5.38. The third kappa shape index (κ3) is 4.26. The van der Waals surface area contributed by atoms with E-state index in [4.69, 9.17) is 17.0 Å². The fraction of sp³-hybridized carbons (Fsp3) is 0.917. The van der Waals surface area contributed by atoms with E-state index in [2.05, 4.69) is 24.1 Å². The van der Waals surface area contributed by atoms with Gasteiger partial charge in [-0.3, -0.25) is 0 Å². The van der Waals surface area contributed by atoms with Gasteiger partial charge in [0.1, 0.15) is 0 Å². The molecule has 1 heterocycles. The number of nitrogens with one attached hydrogen (secondary N) is 1. The molecule has 0 aromatic heterocycles. The number of rotatable bonds is 5. The van der Waals surface area contributed by atoms with Crippen LogP contribution in [0.1, 0.15) is 26.7 Å². The van der Waals surface area contributed by atoms with Gasteiger partial charge in [0.25, 0.3) is 0 Å². The summed E-state index contributed by atoms with van der Waals surface area (Å²) in [6.45, 7) is 8.53. The highest BCUT2D eigenvalue weighted by molar-refractivity contribution is 7.80. The maximum atomic E-state index is 5.38. The normalized spacial score (nSPS) is 20.5. The van der Waals surface area contributed by atoms with Crippen LogP contribution < -0.4 is 5.32 Å². The molecule has 0 saturated carbocycles. The Morgan fingerprint density at radius 3 is 2.88 bits per heavy atom. The van der Waals surface area contributed by atoms with Crippen LogP contribution in [-0.4, -0.2) is 43.4 Å². The van der Waals surface area contributed by atoms with E-state index in [0.717, 1.165) is 49.6 Å². The van der Waals surface area contributed by atoms with Crippen molar-refractivity contribution in [3.8, 4) is 0 Å². The quantitative estimate of drug-likeness (QED) is 0.589. The number of methoxy groups -OCH3 is 1. The summed E-state index contributed by atoms with van der Waals surface area (Å²) in [6.07, 6.45) is 2.29. The summed E-state index contributed by atoms with van der Waals surface area (Å²) >= 11 is 5.38. The second kappa shape index (κ2) is 7.07. The average Bonchev–Trinajstić information content (AvgIpc) is 2.73. The van der Waals surface area contributed by atoms with Gasteiger partial charge in [-0.15, -0.1) is 0 Å². The van der Waals surface area contributed by atoms with Crippen LogP contribution in [0.3, 0.4) is 0 Å². The number of likely N-dealkylation sites (tertiary alicyclic amines) is 1. The molecule has 1 atom stereocenters. The largest absolute Gasteiger partial charge is 0.385 e. The van der Waals surface area contributed by atoms with E-state index in [1.807, 2.05) is 0 Å². The number of hydrogen-bond acceptors (Lipinski definition) is 2. The lowest BCUT2D eigenvalue weighted by Crippen LogP contribution is -2.39. The molecule has 1 fully saturated rings. The summed E-state index contributed by atoms with van der Waals surface area (Å²) in [5.41, 5.74) is 0. The molecule has 0 radical (unpaired) electrons. The first-order valence-electron chi connectivity index (χ1n) is 6.17. The summed E-state index contributed by atoms with van der Waals surface area (Å²) in [4.78, 5) is 2.30. The monoisotopic (exact) mass is 244 g/mol. The topological polar surface area (TPSA) is 24.5 Å². The van der Waals surface area contributed by atoms with Gasteiger partial charge in [-0.2, -0.15) is 0 Å². The molecular weight excluding hydrogens is 220 g/mol. The Hall–Kier alpha value is -0.350. The molecule has 1 N–H and O–H groups in total. The minimum atomic E-state index is 0.765. The Kier molecular flexibility index (Phi) is 6.06. The van der Waals surface area contributed by atoms with E-state index >= 15 is 0 Å². The van der Waals surface area contributed by atoms with Crippen molar-refractivity contribution < 1.29 is 4.74 Å². The number of nitrogens with zero attached hydrogens (tertiary/aromatic N) is 1. The predicted molar refractivity (Wildman–Crippen MR) is 71.6 cm³/mol. The molecule has 94 valence electrons. The van der Waals surface area contributed by atoms with E-state index < -0.39 is 0 Å². The standard InChI is InChI=1S/C12H24N2OS/c1-10(2)11-5-7-14(9-11)12(16)13-6-4-8-15-3/h10-11H,4-9H2,1-3H3,(H,13,16). The van der Waals surface area contributed by atoms with Crippen LogP contribution >= 0.6 is 12.2 Å². The van der Waals surface area contributed by atoms with E-state index in [9.17, 15) is 0 Å². The molecule has 1 unspecified atom stereocenters. The Morgan fingerprint density at radius 2 is 2.31 bits per heavy atom. The van der Waals surface area contributed by atoms with Crippen LogP contribution in [0.25, 0.3) is 0 Å². The summed E-state index contributed by atoms with van der Waals surface area (Å²) in [5, 5.41) is 4.21. The lowest BCUT2D eigenvalue weighted by Gasteiger charge is -2.21. The lowest BCUT2D eigenvalue weighted by atomic mass is 9.95. The molecule has 0 amide bonds. The second-order valence-electron chi connectivity index (χ2n) is 4.82. The predicted octanol–water partition coefficient (Wildman–Crippen LogP) is 1.88. The maximum Gasteiger partial charge on any atom is 0.168 e. The molecule has 1 aliphatic rings. The van der Waals surface area contributed by atoms with Gasteiger partial charge in [0.15, 0.2) is 5.11 Å². The Labute approximate surface area is 105 Å². The first-order chi connectivity index (χ1) is 7.65. The van der Waals surface area contributed by atoms with Crippen LogP contribution in [0.2, 0.25) is 0 Å². The third-order valence-electron chi connectivity index (χ3n) is 3.26. The molecular formula is C12H24N2OS. The molecule has 0 aromatic rings. The molecule has 1 saturated heterocycles. The van der Waals surface area contributed by atoms with E-state index in [1.165, 1.54) is 6.42 Å². The Morgan fingerprint density at radius 1 is 1.56 bits per heavy atom. The van der Waals surface area contributed by atoms with Gasteiger partial charge in [0.2, 0.25) is 0 Å². The molecule has 4 heteroatoms. The molecule has 0 bridgehead atoms. The fourth-order valence-electron chi connectivity index (χ4n) is 2.04. The van der Waals surface area contributed by atoms with Crippen LogP contribution in [0.15, 0.2) is 0 Å². The first kappa shape index (κ1) is 13.7. The zero-order valence-electron chi connectivity index (χ0n) is 10.7. The van der Waals surface area contributed by atoms with Gasteiger partial charge < -0.3 is 15.0 Å². The van der Waals surface area contributed by atoms with Crippen LogP contribution in [0, 0.1) is 11.8 Å². The highest BCUT2D eigenvalue weighted by atomic mass is 32.1. The smallest absolute Gasteiger partial charge is 0.168 e. The molecule has 1 rings (SSSR count). The average molecular weight is 244 g/mol. The molecule has 3 nitrogen and oxygen atoms in total. The molecule has 1 aliphatic heterocycles. The van der Waals surface area contributed by atoms with Gasteiger partial charge in [0.05, 0.1) is 0 Å². The van der Waals surface area contributed by atoms with Gasteiger partial charge in [0, 0.05) is 33.4 Å².